The second-order valence-electron chi connectivity index (χ2n) is 14.7. The molecule has 234 valence electrons. The van der Waals surface area contributed by atoms with Crippen molar-refractivity contribution >= 4 is 72.1 Å². The second kappa shape index (κ2) is 12.4. The SMILES string of the molecule is C=C([Si]1(C)O[Si](C)(C)O[Si](C)(CC[Si](C)(C)c2cccc(N(C)C)c2)O[Si](C)(C)O1)[Si](C)(C)c1cccc(N(C)C)c1. The smallest absolute Gasteiger partial charge is 0.343 e. The summed E-state index contributed by atoms with van der Waals surface area (Å²) in [5.41, 5.74) is 2.45. The zero-order chi connectivity index (χ0) is 31.9. The van der Waals surface area contributed by atoms with E-state index in [1.807, 2.05) is 0 Å². The van der Waals surface area contributed by atoms with E-state index in [1.54, 1.807) is 0 Å². The molecule has 3 rings (SSSR count). The van der Waals surface area contributed by atoms with Gasteiger partial charge in [-0.15, -0.1) is 6.58 Å². The van der Waals surface area contributed by atoms with Crippen LogP contribution in [0.25, 0.3) is 0 Å². The molecule has 0 bridgehead atoms. The van der Waals surface area contributed by atoms with Gasteiger partial charge in [0.15, 0.2) is 0 Å². The summed E-state index contributed by atoms with van der Waals surface area (Å²) in [5.74, 6) is 0. The monoisotopic (exact) mass is 676 g/mol. The van der Waals surface area contributed by atoms with Crippen molar-refractivity contribution in [3.63, 3.8) is 0 Å². The molecular formula is C30H56N2O4Si6. The first kappa shape index (κ1) is 35.4. The van der Waals surface area contributed by atoms with Crippen molar-refractivity contribution in [3.8, 4) is 0 Å². The maximum atomic E-state index is 7.16. The molecule has 0 unspecified atom stereocenters. The molecule has 0 saturated carbocycles. The molecule has 1 fully saturated rings. The highest BCUT2D eigenvalue weighted by molar-refractivity contribution is 7.11. The van der Waals surface area contributed by atoms with Crippen molar-refractivity contribution in [1.82, 2.24) is 0 Å². The van der Waals surface area contributed by atoms with Gasteiger partial charge in [0.25, 0.3) is 0 Å². The molecule has 2 aromatic rings. The fourth-order valence-corrected chi connectivity index (χ4v) is 38.8. The molecule has 0 atom stereocenters. The first-order chi connectivity index (χ1) is 19.0. The number of hydrogen-bond donors (Lipinski definition) is 0. The summed E-state index contributed by atoms with van der Waals surface area (Å²) >= 11 is 0. The van der Waals surface area contributed by atoms with E-state index in [0.29, 0.717) is 0 Å². The van der Waals surface area contributed by atoms with Gasteiger partial charge in [-0.2, -0.15) is 0 Å². The van der Waals surface area contributed by atoms with E-state index >= 15 is 0 Å². The van der Waals surface area contributed by atoms with Crippen LogP contribution in [0, 0.1) is 0 Å². The van der Waals surface area contributed by atoms with E-state index in [4.69, 9.17) is 23.0 Å². The normalized spacial score (nSPS) is 24.4. The van der Waals surface area contributed by atoms with Crippen LogP contribution in [0.15, 0.2) is 59.9 Å². The Labute approximate surface area is 263 Å². The third-order valence-electron chi connectivity index (χ3n) is 8.54. The molecule has 0 aromatic heterocycles. The Balaban J connectivity index is 1.88. The molecule has 1 aliphatic heterocycles. The third kappa shape index (κ3) is 8.34. The Morgan fingerprint density at radius 1 is 0.690 bits per heavy atom. The Bertz CT molecular complexity index is 1260. The number of anilines is 2. The molecule has 1 saturated heterocycles. The van der Waals surface area contributed by atoms with Gasteiger partial charge in [-0.25, -0.2) is 0 Å². The zero-order valence-corrected chi connectivity index (χ0v) is 34.8. The summed E-state index contributed by atoms with van der Waals surface area (Å²) in [4.78, 5) is 5.49. The van der Waals surface area contributed by atoms with Crippen molar-refractivity contribution < 1.29 is 16.5 Å². The number of rotatable bonds is 9. The van der Waals surface area contributed by atoms with Crippen LogP contribution in [-0.2, 0) is 16.5 Å². The minimum Gasteiger partial charge on any atom is -0.416 e. The van der Waals surface area contributed by atoms with Gasteiger partial charge in [-0.05, 0) is 74.4 Å². The molecule has 0 amide bonds. The van der Waals surface area contributed by atoms with Crippen LogP contribution in [0.4, 0.5) is 11.4 Å². The topological polar surface area (TPSA) is 43.4 Å². The van der Waals surface area contributed by atoms with Gasteiger partial charge in [-0.1, -0.05) is 66.9 Å². The van der Waals surface area contributed by atoms with Crippen molar-refractivity contribution in [1.29, 1.82) is 0 Å². The molecule has 0 aliphatic carbocycles. The Hall–Kier alpha value is -1.08. The maximum Gasteiger partial charge on any atom is 0.343 e. The van der Waals surface area contributed by atoms with Crippen LogP contribution in [-0.4, -0.2) is 78.6 Å². The molecule has 42 heavy (non-hydrogen) atoms. The van der Waals surface area contributed by atoms with Crippen LogP contribution < -0.4 is 20.2 Å². The highest BCUT2D eigenvalue weighted by Gasteiger charge is 2.57. The summed E-state index contributed by atoms with van der Waals surface area (Å²) in [6.07, 6.45) is 0. The van der Waals surface area contributed by atoms with Crippen molar-refractivity contribution in [2.24, 2.45) is 0 Å². The summed E-state index contributed by atoms with van der Waals surface area (Å²) in [6, 6.07) is 19.9. The lowest BCUT2D eigenvalue weighted by atomic mass is 10.3. The van der Waals surface area contributed by atoms with Gasteiger partial charge in [0, 0.05) is 39.6 Å². The van der Waals surface area contributed by atoms with Gasteiger partial charge in [0.05, 0.1) is 8.07 Å². The lowest BCUT2D eigenvalue weighted by Crippen LogP contribution is -2.69. The lowest BCUT2D eigenvalue weighted by molar-refractivity contribution is 0.237. The van der Waals surface area contributed by atoms with Crippen molar-refractivity contribution in [2.45, 2.75) is 77.6 Å². The summed E-state index contributed by atoms with van der Waals surface area (Å²) in [6.45, 7) is 27.5. The maximum absolute atomic E-state index is 7.16. The minimum absolute atomic E-state index is 0.939. The lowest BCUT2D eigenvalue weighted by Gasteiger charge is -2.50. The van der Waals surface area contributed by atoms with Crippen LogP contribution in [0.5, 0.6) is 0 Å². The van der Waals surface area contributed by atoms with Gasteiger partial charge in [0.2, 0.25) is 0 Å². The average Bonchev–Trinajstić information content (AvgIpc) is 2.85. The van der Waals surface area contributed by atoms with E-state index in [2.05, 4.69) is 152 Å². The molecule has 1 heterocycles. The average molecular weight is 677 g/mol. The highest BCUT2D eigenvalue weighted by Crippen LogP contribution is 2.38. The van der Waals surface area contributed by atoms with E-state index in [0.717, 1.165) is 16.9 Å². The summed E-state index contributed by atoms with van der Waals surface area (Å²) in [5, 5.41) is 2.81. The van der Waals surface area contributed by atoms with E-state index < -0.39 is 50.4 Å². The van der Waals surface area contributed by atoms with Gasteiger partial charge < -0.3 is 26.3 Å². The highest BCUT2D eigenvalue weighted by atomic mass is 28.5. The minimum atomic E-state index is -2.89. The standard InChI is InChI=1S/C30H56N2O4Si6/c1-26(38(8,9)30-21-17-19-28(25-30)32(4)5)42(15)35-39(10,11)33-41(14,34-40(12,13)36-42)23-22-37(6,7)29-20-16-18-27(24-29)31(2)3/h16-21,24-25H,1,22-23H2,2-15H3. The van der Waals surface area contributed by atoms with E-state index in [1.165, 1.54) is 21.7 Å². The van der Waals surface area contributed by atoms with Crippen LogP contribution >= 0.6 is 0 Å². The van der Waals surface area contributed by atoms with Crippen molar-refractivity contribution in [2.75, 3.05) is 38.0 Å². The van der Waals surface area contributed by atoms with E-state index in [9.17, 15) is 0 Å². The summed E-state index contributed by atoms with van der Waals surface area (Å²) in [7, 11) is -6.26. The van der Waals surface area contributed by atoms with Crippen LogP contribution in [0.1, 0.15) is 0 Å². The molecule has 0 spiro atoms. The van der Waals surface area contributed by atoms with Crippen LogP contribution in [0.3, 0.4) is 0 Å². The molecule has 0 N–H and O–H groups in total. The number of benzene rings is 2. The molecule has 1 aliphatic rings. The van der Waals surface area contributed by atoms with Gasteiger partial charge in [0.1, 0.15) is 8.07 Å². The summed E-state index contributed by atoms with van der Waals surface area (Å²) < 4.78 is 28.5. The molecule has 0 radical (unpaired) electrons. The van der Waals surface area contributed by atoms with Crippen LogP contribution in [0.2, 0.25) is 77.6 Å². The first-order valence-electron chi connectivity index (χ1n) is 15.1. The Morgan fingerprint density at radius 2 is 1.12 bits per heavy atom. The fourth-order valence-electron chi connectivity index (χ4n) is 6.09. The molecule has 2 aromatic carbocycles. The van der Waals surface area contributed by atoms with Gasteiger partial charge >= 0.3 is 34.2 Å². The first-order valence-corrected chi connectivity index (χ1v) is 31.8. The van der Waals surface area contributed by atoms with Gasteiger partial charge in [-0.3, -0.25) is 0 Å². The number of hydrogen-bond acceptors (Lipinski definition) is 6. The molecule has 12 heteroatoms. The third-order valence-corrected chi connectivity index (χ3v) is 35.6. The predicted molar refractivity (Wildman–Crippen MR) is 197 cm³/mol. The Morgan fingerprint density at radius 3 is 1.57 bits per heavy atom. The predicted octanol–water partition coefficient (Wildman–Crippen LogP) is 6.61. The molecule has 6 nitrogen and oxygen atoms in total. The Kier molecular flexibility index (Phi) is 10.4. The van der Waals surface area contributed by atoms with E-state index in [-0.39, 0.29) is 0 Å². The zero-order valence-electron chi connectivity index (χ0n) is 28.8. The molecular weight excluding hydrogens is 621 g/mol. The number of nitrogens with zero attached hydrogens (tertiary/aromatic N) is 2. The fraction of sp³-hybridized carbons (Fsp3) is 0.533. The quantitative estimate of drug-likeness (QED) is 0.279. The van der Waals surface area contributed by atoms with Crippen molar-refractivity contribution in [3.05, 3.63) is 59.9 Å². The largest absolute Gasteiger partial charge is 0.416 e. The second-order valence-corrected chi connectivity index (χ2v) is 38.6.